The van der Waals surface area contributed by atoms with Crippen molar-refractivity contribution in [3.05, 3.63) is 24.2 Å². The number of rotatable bonds is 5. The highest BCUT2D eigenvalue weighted by atomic mass is 32.2. The minimum Gasteiger partial charge on any atom is -0.469 e. The number of furan rings is 1. The van der Waals surface area contributed by atoms with E-state index in [1.165, 1.54) is 0 Å². The first kappa shape index (κ1) is 12.6. The van der Waals surface area contributed by atoms with Crippen LogP contribution in [-0.2, 0) is 16.3 Å². The molecule has 1 aliphatic heterocycles. The summed E-state index contributed by atoms with van der Waals surface area (Å²) in [6, 6.07) is 4.30. The first-order chi connectivity index (χ1) is 8.05. The van der Waals surface area contributed by atoms with Gasteiger partial charge in [-0.15, -0.1) is 0 Å². The Kier molecular flexibility index (Phi) is 3.89. The van der Waals surface area contributed by atoms with Gasteiger partial charge in [0, 0.05) is 18.5 Å². The number of aryl methyl sites for hydroxylation is 1. The van der Waals surface area contributed by atoms with Crippen LogP contribution in [0.2, 0.25) is 0 Å². The van der Waals surface area contributed by atoms with Gasteiger partial charge in [0.1, 0.15) is 5.76 Å². The summed E-state index contributed by atoms with van der Waals surface area (Å²) in [6.07, 6.45) is 4.27. The van der Waals surface area contributed by atoms with Gasteiger partial charge in [-0.3, -0.25) is 0 Å². The molecule has 5 heteroatoms. The Hall–Kier alpha value is -0.810. The normalized spacial score (nSPS) is 24.9. The lowest BCUT2D eigenvalue weighted by atomic mass is 10.1. The van der Waals surface area contributed by atoms with Crippen LogP contribution < -0.4 is 5.32 Å². The maximum absolute atomic E-state index is 11.3. The third-order valence-corrected chi connectivity index (χ3v) is 4.92. The molecular weight excluding hydrogens is 238 g/mol. The van der Waals surface area contributed by atoms with E-state index in [1.807, 2.05) is 12.1 Å². The minimum absolute atomic E-state index is 0.131. The molecule has 2 atom stereocenters. The highest BCUT2D eigenvalue weighted by Gasteiger charge is 2.28. The fourth-order valence-corrected chi connectivity index (χ4v) is 3.91. The van der Waals surface area contributed by atoms with Crippen molar-refractivity contribution in [2.24, 2.45) is 0 Å². The second kappa shape index (κ2) is 5.23. The van der Waals surface area contributed by atoms with Gasteiger partial charge in [-0.2, -0.15) is 0 Å². The molecule has 0 spiro atoms. The van der Waals surface area contributed by atoms with E-state index in [9.17, 15) is 8.42 Å². The average Bonchev–Trinajstić information content (AvgIpc) is 2.85. The quantitative estimate of drug-likeness (QED) is 0.865. The van der Waals surface area contributed by atoms with Crippen LogP contribution in [0.15, 0.2) is 22.8 Å². The smallest absolute Gasteiger partial charge is 0.151 e. The van der Waals surface area contributed by atoms with Gasteiger partial charge in [0.05, 0.1) is 17.8 Å². The lowest BCUT2D eigenvalue weighted by molar-refractivity contribution is 0.427. The molecule has 4 nitrogen and oxygen atoms in total. The van der Waals surface area contributed by atoms with Gasteiger partial charge in [0.15, 0.2) is 9.84 Å². The summed E-state index contributed by atoms with van der Waals surface area (Å²) in [5.41, 5.74) is 0. The first-order valence-electron chi connectivity index (χ1n) is 6.04. The zero-order valence-electron chi connectivity index (χ0n) is 10.1. The molecular formula is C12H19NO3S. The second-order valence-electron chi connectivity index (χ2n) is 4.79. The summed E-state index contributed by atoms with van der Waals surface area (Å²) in [7, 11) is -2.78. The van der Waals surface area contributed by atoms with E-state index in [0.29, 0.717) is 11.8 Å². The number of sulfone groups is 1. The zero-order valence-corrected chi connectivity index (χ0v) is 10.9. The standard InChI is InChI=1S/C12H19NO3S/c1-10(4-5-12-3-2-7-16-12)13-11-6-8-17(14,15)9-11/h2-3,7,10-11,13H,4-6,8-9H2,1H3. The van der Waals surface area contributed by atoms with Crippen molar-refractivity contribution in [1.82, 2.24) is 5.32 Å². The van der Waals surface area contributed by atoms with E-state index in [4.69, 9.17) is 4.42 Å². The summed E-state index contributed by atoms with van der Waals surface area (Å²) in [5, 5.41) is 3.38. The van der Waals surface area contributed by atoms with E-state index >= 15 is 0 Å². The van der Waals surface area contributed by atoms with E-state index in [0.717, 1.165) is 25.0 Å². The Morgan fingerprint density at radius 3 is 3.00 bits per heavy atom. The van der Waals surface area contributed by atoms with Gasteiger partial charge >= 0.3 is 0 Å². The van der Waals surface area contributed by atoms with Crippen molar-refractivity contribution >= 4 is 9.84 Å². The summed E-state index contributed by atoms with van der Waals surface area (Å²) >= 11 is 0. The van der Waals surface area contributed by atoms with Crippen molar-refractivity contribution in [1.29, 1.82) is 0 Å². The highest BCUT2D eigenvalue weighted by Crippen LogP contribution is 2.13. The van der Waals surface area contributed by atoms with Crippen LogP contribution in [0.25, 0.3) is 0 Å². The number of nitrogens with one attached hydrogen (secondary N) is 1. The fraction of sp³-hybridized carbons (Fsp3) is 0.667. The van der Waals surface area contributed by atoms with Gasteiger partial charge < -0.3 is 9.73 Å². The van der Waals surface area contributed by atoms with Crippen LogP contribution in [0, 0.1) is 0 Å². The maximum atomic E-state index is 11.3. The Morgan fingerprint density at radius 2 is 2.41 bits per heavy atom. The van der Waals surface area contributed by atoms with E-state index < -0.39 is 9.84 Å². The lowest BCUT2D eigenvalue weighted by Crippen LogP contribution is -2.37. The maximum Gasteiger partial charge on any atom is 0.151 e. The Balaban J connectivity index is 1.73. The van der Waals surface area contributed by atoms with Crippen molar-refractivity contribution in [3.8, 4) is 0 Å². The summed E-state index contributed by atoms with van der Waals surface area (Å²) in [4.78, 5) is 0. The SMILES string of the molecule is CC(CCc1ccco1)NC1CCS(=O)(=O)C1. The van der Waals surface area contributed by atoms with Gasteiger partial charge in [-0.05, 0) is 31.9 Å². The molecule has 0 radical (unpaired) electrons. The molecule has 2 rings (SSSR count). The summed E-state index contributed by atoms with van der Waals surface area (Å²) in [5.74, 6) is 1.60. The van der Waals surface area contributed by atoms with Crippen molar-refractivity contribution in [2.75, 3.05) is 11.5 Å². The fourth-order valence-electron chi connectivity index (χ4n) is 2.23. The molecule has 0 aliphatic carbocycles. The molecule has 1 aromatic rings. The molecule has 0 aromatic carbocycles. The first-order valence-corrected chi connectivity index (χ1v) is 7.86. The summed E-state index contributed by atoms with van der Waals surface area (Å²) in [6.45, 7) is 2.09. The second-order valence-corrected chi connectivity index (χ2v) is 7.01. The molecule has 96 valence electrons. The molecule has 0 saturated carbocycles. The third-order valence-electron chi connectivity index (χ3n) is 3.16. The predicted octanol–water partition coefficient (Wildman–Crippen LogP) is 1.38. The van der Waals surface area contributed by atoms with Crippen LogP contribution in [0.5, 0.6) is 0 Å². The topological polar surface area (TPSA) is 59.3 Å². The van der Waals surface area contributed by atoms with Gasteiger partial charge in [-0.25, -0.2) is 8.42 Å². The van der Waals surface area contributed by atoms with Crippen molar-refractivity contribution in [3.63, 3.8) is 0 Å². The van der Waals surface area contributed by atoms with Crippen LogP contribution in [0.3, 0.4) is 0 Å². The predicted molar refractivity (Wildman–Crippen MR) is 66.7 cm³/mol. The van der Waals surface area contributed by atoms with E-state index in [2.05, 4.69) is 12.2 Å². The van der Waals surface area contributed by atoms with Gasteiger partial charge in [0.2, 0.25) is 0 Å². The van der Waals surface area contributed by atoms with Gasteiger partial charge in [-0.1, -0.05) is 0 Å². The summed E-state index contributed by atoms with van der Waals surface area (Å²) < 4.78 is 27.9. The molecule has 1 aromatic heterocycles. The minimum atomic E-state index is -2.78. The molecule has 1 N–H and O–H groups in total. The molecule has 0 bridgehead atoms. The van der Waals surface area contributed by atoms with Crippen LogP contribution in [0.4, 0.5) is 0 Å². The van der Waals surface area contributed by atoms with Gasteiger partial charge in [0.25, 0.3) is 0 Å². The largest absolute Gasteiger partial charge is 0.469 e. The molecule has 1 saturated heterocycles. The molecule has 2 heterocycles. The molecule has 1 fully saturated rings. The average molecular weight is 257 g/mol. The van der Waals surface area contributed by atoms with Crippen molar-refractivity contribution in [2.45, 2.75) is 38.3 Å². The van der Waals surface area contributed by atoms with E-state index in [-0.39, 0.29) is 11.8 Å². The van der Waals surface area contributed by atoms with Crippen LogP contribution in [0.1, 0.15) is 25.5 Å². The Labute approximate surface area is 102 Å². The number of hydrogen-bond acceptors (Lipinski definition) is 4. The lowest BCUT2D eigenvalue weighted by Gasteiger charge is -2.17. The van der Waals surface area contributed by atoms with Crippen molar-refractivity contribution < 1.29 is 12.8 Å². The Morgan fingerprint density at radius 1 is 1.59 bits per heavy atom. The van der Waals surface area contributed by atoms with E-state index in [1.54, 1.807) is 6.26 Å². The molecule has 0 amide bonds. The highest BCUT2D eigenvalue weighted by molar-refractivity contribution is 7.91. The van der Waals surface area contributed by atoms with Crippen LogP contribution >= 0.6 is 0 Å². The molecule has 17 heavy (non-hydrogen) atoms. The van der Waals surface area contributed by atoms with Crippen LogP contribution in [-0.4, -0.2) is 32.0 Å². The molecule has 2 unspecified atom stereocenters. The third kappa shape index (κ3) is 3.85. The zero-order chi connectivity index (χ0) is 12.3. The Bertz CT molecular complexity index is 438. The monoisotopic (exact) mass is 257 g/mol. The number of hydrogen-bond donors (Lipinski definition) is 1. The molecule has 1 aliphatic rings.